The van der Waals surface area contributed by atoms with Gasteiger partial charge in [0.2, 0.25) is 0 Å². The highest BCUT2D eigenvalue weighted by Crippen LogP contribution is 2.40. The molecule has 206 valence electrons. The van der Waals surface area contributed by atoms with E-state index >= 15 is 0 Å². The Morgan fingerprint density at radius 1 is 1.03 bits per heavy atom. The van der Waals surface area contributed by atoms with Gasteiger partial charge in [0, 0.05) is 61.8 Å². The number of sulfone groups is 1. The third kappa shape index (κ3) is 6.70. The van der Waals surface area contributed by atoms with Crippen molar-refractivity contribution in [3.05, 3.63) is 66.0 Å². The van der Waals surface area contributed by atoms with E-state index < -0.39 is 15.4 Å². The summed E-state index contributed by atoms with van der Waals surface area (Å²) in [7, 11) is -3.46. The fraction of sp³-hybridized carbons (Fsp3) is 0.464. The molecule has 2 aliphatic rings. The standard InChI is InChI=1S/C28H33N5O5S/c1-27(2,3)38-26(34)33-13-9-28(10-14-33)8-7-21-15-22(5-6-23(21)37-28)25-31-16-20(17-32-25)18-39(35,36)19-24-29-11-4-12-30-24/h4-6,11-12,15-17H,7-10,13-14,18-19H2,1-3H3. The first kappa shape index (κ1) is 27.0. The maximum Gasteiger partial charge on any atom is 0.410 e. The first-order chi connectivity index (χ1) is 18.5. The lowest BCUT2D eigenvalue weighted by Gasteiger charge is -2.44. The number of fused-ring (bicyclic) bond motifs is 1. The number of amides is 1. The van der Waals surface area contributed by atoms with E-state index in [-0.39, 0.29) is 29.0 Å². The summed E-state index contributed by atoms with van der Waals surface area (Å²) in [4.78, 5) is 31.0. The molecule has 2 aromatic heterocycles. The zero-order chi connectivity index (χ0) is 27.7. The lowest BCUT2D eigenvalue weighted by Crippen LogP contribution is -2.52. The average Bonchev–Trinajstić information content (AvgIpc) is 2.88. The topological polar surface area (TPSA) is 124 Å². The molecule has 1 spiro atoms. The van der Waals surface area contributed by atoms with Crippen LogP contribution >= 0.6 is 0 Å². The maximum atomic E-state index is 12.5. The molecule has 1 saturated heterocycles. The van der Waals surface area contributed by atoms with Gasteiger partial charge in [-0.15, -0.1) is 0 Å². The fourth-order valence-corrected chi connectivity index (χ4v) is 6.22. The van der Waals surface area contributed by atoms with Gasteiger partial charge in [-0.05, 0) is 63.4 Å². The third-order valence-electron chi connectivity index (χ3n) is 6.88. The van der Waals surface area contributed by atoms with Gasteiger partial charge in [0.05, 0.1) is 5.75 Å². The number of carbonyl (C=O) groups excluding carboxylic acids is 1. The zero-order valence-electron chi connectivity index (χ0n) is 22.5. The number of likely N-dealkylation sites (tertiary alicyclic amines) is 1. The van der Waals surface area contributed by atoms with Crippen LogP contribution in [0.3, 0.4) is 0 Å². The number of rotatable bonds is 5. The maximum absolute atomic E-state index is 12.5. The molecule has 0 unspecified atom stereocenters. The minimum Gasteiger partial charge on any atom is -0.487 e. The first-order valence-electron chi connectivity index (χ1n) is 13.1. The number of aryl methyl sites for hydroxylation is 1. The molecule has 1 aromatic carbocycles. The molecule has 0 radical (unpaired) electrons. The van der Waals surface area contributed by atoms with Crippen LogP contribution in [0.2, 0.25) is 0 Å². The highest BCUT2D eigenvalue weighted by molar-refractivity contribution is 7.89. The summed E-state index contributed by atoms with van der Waals surface area (Å²) in [5.74, 6) is 1.22. The Hall–Kier alpha value is -3.60. The Morgan fingerprint density at radius 3 is 2.38 bits per heavy atom. The smallest absolute Gasteiger partial charge is 0.410 e. The lowest BCUT2D eigenvalue weighted by atomic mass is 9.83. The van der Waals surface area contributed by atoms with Crippen LogP contribution in [-0.4, -0.2) is 63.6 Å². The minimum atomic E-state index is -3.46. The van der Waals surface area contributed by atoms with Gasteiger partial charge >= 0.3 is 6.09 Å². The molecule has 5 rings (SSSR count). The van der Waals surface area contributed by atoms with Crippen molar-refractivity contribution in [2.24, 2.45) is 0 Å². The first-order valence-corrected chi connectivity index (χ1v) is 14.9. The van der Waals surface area contributed by atoms with Crippen molar-refractivity contribution in [2.75, 3.05) is 13.1 Å². The van der Waals surface area contributed by atoms with E-state index in [0.29, 0.717) is 24.5 Å². The van der Waals surface area contributed by atoms with E-state index in [4.69, 9.17) is 9.47 Å². The van der Waals surface area contributed by atoms with Gasteiger partial charge < -0.3 is 14.4 Å². The van der Waals surface area contributed by atoms with Crippen molar-refractivity contribution in [1.29, 1.82) is 0 Å². The molecule has 4 heterocycles. The number of carbonyl (C=O) groups is 1. The van der Waals surface area contributed by atoms with Crippen LogP contribution < -0.4 is 4.74 Å². The molecular weight excluding hydrogens is 518 g/mol. The average molecular weight is 552 g/mol. The molecule has 2 aliphatic heterocycles. The quantitative estimate of drug-likeness (QED) is 0.460. The monoisotopic (exact) mass is 551 g/mol. The zero-order valence-corrected chi connectivity index (χ0v) is 23.3. The summed E-state index contributed by atoms with van der Waals surface area (Å²) >= 11 is 0. The van der Waals surface area contributed by atoms with Crippen molar-refractivity contribution in [3.63, 3.8) is 0 Å². The predicted octanol–water partition coefficient (Wildman–Crippen LogP) is 4.14. The number of aromatic nitrogens is 4. The lowest BCUT2D eigenvalue weighted by molar-refractivity contribution is -0.0272. The van der Waals surface area contributed by atoms with Crippen LogP contribution in [0, 0.1) is 0 Å². The number of benzene rings is 1. The van der Waals surface area contributed by atoms with Crippen LogP contribution in [0.4, 0.5) is 4.79 Å². The van der Waals surface area contributed by atoms with Gasteiger partial charge in [-0.1, -0.05) is 0 Å². The minimum absolute atomic E-state index is 0.184. The Kier molecular flexibility index (Phi) is 7.28. The Labute approximate surface area is 228 Å². The molecule has 0 aliphatic carbocycles. The highest BCUT2D eigenvalue weighted by Gasteiger charge is 2.41. The molecular formula is C28H33N5O5S. The van der Waals surface area contributed by atoms with Crippen LogP contribution in [0.25, 0.3) is 11.4 Å². The molecule has 39 heavy (non-hydrogen) atoms. The Balaban J connectivity index is 1.21. The van der Waals surface area contributed by atoms with Crippen LogP contribution in [-0.2, 0) is 32.5 Å². The van der Waals surface area contributed by atoms with E-state index in [1.54, 1.807) is 23.4 Å². The largest absolute Gasteiger partial charge is 0.487 e. The molecule has 0 atom stereocenters. The van der Waals surface area contributed by atoms with Crippen molar-refractivity contribution < 1.29 is 22.7 Å². The summed E-state index contributed by atoms with van der Waals surface area (Å²) in [6.07, 6.45) is 9.12. The van der Waals surface area contributed by atoms with Crippen LogP contribution in [0.15, 0.2) is 49.1 Å². The van der Waals surface area contributed by atoms with Crippen LogP contribution in [0.1, 0.15) is 57.0 Å². The Morgan fingerprint density at radius 2 is 1.72 bits per heavy atom. The number of hydrogen-bond donors (Lipinski definition) is 0. The molecule has 1 fully saturated rings. The fourth-order valence-electron chi connectivity index (χ4n) is 4.92. The second-order valence-electron chi connectivity index (χ2n) is 11.2. The molecule has 3 aromatic rings. The van der Waals surface area contributed by atoms with E-state index in [0.717, 1.165) is 42.6 Å². The van der Waals surface area contributed by atoms with Crippen molar-refractivity contribution in [2.45, 2.75) is 69.2 Å². The summed E-state index contributed by atoms with van der Waals surface area (Å²) in [6, 6.07) is 7.56. The van der Waals surface area contributed by atoms with Gasteiger partial charge in [0.25, 0.3) is 0 Å². The Bertz CT molecular complexity index is 1430. The molecule has 10 nitrogen and oxygen atoms in total. The second-order valence-corrected chi connectivity index (χ2v) is 13.3. The summed E-state index contributed by atoms with van der Waals surface area (Å²) < 4.78 is 37.1. The van der Waals surface area contributed by atoms with E-state index in [2.05, 4.69) is 19.9 Å². The second kappa shape index (κ2) is 10.5. The van der Waals surface area contributed by atoms with Crippen LogP contribution in [0.5, 0.6) is 5.75 Å². The number of nitrogens with zero attached hydrogens (tertiary/aromatic N) is 5. The normalized spacial score (nSPS) is 16.8. The number of ether oxygens (including phenoxy) is 2. The SMILES string of the molecule is CC(C)(C)OC(=O)N1CCC2(CCc3cc(-c4ncc(CS(=O)(=O)Cc5ncccn5)cn4)ccc3O2)CC1. The number of piperidine rings is 1. The van der Waals surface area contributed by atoms with Crippen molar-refractivity contribution in [1.82, 2.24) is 24.8 Å². The summed E-state index contributed by atoms with van der Waals surface area (Å²) in [5.41, 5.74) is 1.66. The molecule has 0 N–H and O–H groups in total. The van der Waals surface area contributed by atoms with Gasteiger partial charge in [0.1, 0.15) is 28.5 Å². The van der Waals surface area contributed by atoms with Gasteiger partial charge in [-0.2, -0.15) is 0 Å². The van der Waals surface area contributed by atoms with Crippen molar-refractivity contribution >= 4 is 15.9 Å². The van der Waals surface area contributed by atoms with Gasteiger partial charge in [-0.25, -0.2) is 33.1 Å². The summed E-state index contributed by atoms with van der Waals surface area (Å²) in [5, 5.41) is 0. The third-order valence-corrected chi connectivity index (χ3v) is 8.35. The summed E-state index contributed by atoms with van der Waals surface area (Å²) in [6.45, 7) is 6.84. The number of hydrogen-bond acceptors (Lipinski definition) is 9. The molecule has 0 saturated carbocycles. The van der Waals surface area contributed by atoms with E-state index in [9.17, 15) is 13.2 Å². The van der Waals surface area contributed by atoms with Gasteiger partial charge in [0.15, 0.2) is 15.7 Å². The molecule has 0 bridgehead atoms. The molecule has 1 amide bonds. The predicted molar refractivity (Wildman–Crippen MR) is 145 cm³/mol. The van der Waals surface area contributed by atoms with Crippen molar-refractivity contribution in [3.8, 4) is 17.1 Å². The van der Waals surface area contributed by atoms with E-state index in [1.165, 1.54) is 12.4 Å². The highest BCUT2D eigenvalue weighted by atomic mass is 32.2. The van der Waals surface area contributed by atoms with Gasteiger partial charge in [-0.3, -0.25) is 0 Å². The van der Waals surface area contributed by atoms with E-state index in [1.807, 2.05) is 39.0 Å². The molecule has 11 heteroatoms.